The van der Waals surface area contributed by atoms with E-state index < -0.39 is 9.84 Å². The predicted octanol–water partition coefficient (Wildman–Crippen LogP) is 2.23. The fourth-order valence-electron chi connectivity index (χ4n) is 3.41. The number of hydrogen-bond donors (Lipinski definition) is 0. The van der Waals surface area contributed by atoms with Crippen LogP contribution in [-0.2, 0) is 9.84 Å². The predicted molar refractivity (Wildman–Crippen MR) is 75.8 cm³/mol. The molecule has 0 saturated carbocycles. The third-order valence-corrected chi connectivity index (χ3v) is 7.29. The molecule has 0 aromatic heterocycles. The smallest absolute Gasteiger partial charge is 0.166 e. The first-order chi connectivity index (χ1) is 9.52. The van der Waals surface area contributed by atoms with Gasteiger partial charge in [-0.25, -0.2) is 8.42 Å². The Labute approximate surface area is 119 Å². The van der Waals surface area contributed by atoms with Gasteiger partial charge in [0.2, 0.25) is 0 Å². The van der Waals surface area contributed by atoms with Gasteiger partial charge in [-0.1, -0.05) is 0 Å². The molecule has 2 fully saturated rings. The van der Waals surface area contributed by atoms with Crippen LogP contribution in [-0.4, -0.2) is 31.8 Å². The normalized spacial score (nSPS) is 30.9. The number of carbonyl (C=O) groups is 1. The number of hydrogen-bond acceptors (Lipinski definition) is 4. The van der Waals surface area contributed by atoms with E-state index in [1.165, 1.54) is 0 Å². The van der Waals surface area contributed by atoms with Crippen molar-refractivity contribution in [1.82, 2.24) is 0 Å². The highest BCUT2D eigenvalue weighted by molar-refractivity contribution is 7.93. The Balaban J connectivity index is 1.79. The number of sulfone groups is 1. The molecular weight excluding hydrogens is 276 g/mol. The van der Waals surface area contributed by atoms with Gasteiger partial charge in [0.1, 0.15) is 5.75 Å². The molecule has 2 aliphatic heterocycles. The van der Waals surface area contributed by atoms with Gasteiger partial charge in [-0.2, -0.15) is 0 Å². The Morgan fingerprint density at radius 3 is 2.15 bits per heavy atom. The second-order valence-electron chi connectivity index (χ2n) is 5.67. The maximum Gasteiger partial charge on any atom is 0.166 e. The van der Waals surface area contributed by atoms with Crippen molar-refractivity contribution in [3.63, 3.8) is 0 Å². The van der Waals surface area contributed by atoms with Gasteiger partial charge in [0.05, 0.1) is 17.6 Å². The highest BCUT2D eigenvalue weighted by Crippen LogP contribution is 2.42. The molecular formula is C15H18O4S. The summed E-state index contributed by atoms with van der Waals surface area (Å²) in [6.07, 6.45) is 2.42. The number of Topliss-reactive ketones (excluding diaryl/α,β-unsaturated/α-hetero) is 1. The lowest BCUT2D eigenvalue weighted by molar-refractivity contribution is 0.0905. The minimum atomic E-state index is -2.96. The molecule has 1 aromatic rings. The molecule has 108 valence electrons. The second kappa shape index (κ2) is 4.88. The van der Waals surface area contributed by atoms with Crippen molar-refractivity contribution in [1.29, 1.82) is 0 Å². The summed E-state index contributed by atoms with van der Waals surface area (Å²) in [5.41, 5.74) is 0.648. The minimum Gasteiger partial charge on any atom is -0.497 e. The fourth-order valence-corrected chi connectivity index (χ4v) is 5.89. The van der Waals surface area contributed by atoms with Crippen LogP contribution >= 0.6 is 0 Å². The van der Waals surface area contributed by atoms with E-state index in [1.807, 2.05) is 0 Å². The van der Waals surface area contributed by atoms with Crippen molar-refractivity contribution >= 4 is 15.6 Å². The first kappa shape index (κ1) is 13.6. The van der Waals surface area contributed by atoms with Gasteiger partial charge in [0.15, 0.2) is 15.6 Å². The minimum absolute atomic E-state index is 0.0689. The van der Waals surface area contributed by atoms with E-state index in [0.717, 1.165) is 12.8 Å². The van der Waals surface area contributed by atoms with Crippen molar-refractivity contribution < 1.29 is 17.9 Å². The second-order valence-corrected chi connectivity index (χ2v) is 8.18. The molecule has 0 spiro atoms. The summed E-state index contributed by atoms with van der Waals surface area (Å²) < 4.78 is 29.1. The largest absolute Gasteiger partial charge is 0.497 e. The quantitative estimate of drug-likeness (QED) is 0.802. The fraction of sp³-hybridized carbons (Fsp3) is 0.533. The third kappa shape index (κ3) is 2.14. The Morgan fingerprint density at radius 2 is 1.65 bits per heavy atom. The van der Waals surface area contributed by atoms with Gasteiger partial charge in [-0.3, -0.25) is 4.79 Å². The van der Waals surface area contributed by atoms with Crippen LogP contribution in [0.4, 0.5) is 0 Å². The molecule has 2 atom stereocenters. The summed E-state index contributed by atoms with van der Waals surface area (Å²) in [4.78, 5) is 12.5. The van der Waals surface area contributed by atoms with Crippen LogP contribution in [0, 0.1) is 5.92 Å². The van der Waals surface area contributed by atoms with Crippen LogP contribution in [0.5, 0.6) is 5.75 Å². The number of fused-ring (bicyclic) bond motifs is 2. The summed E-state index contributed by atoms with van der Waals surface area (Å²) in [7, 11) is -1.38. The zero-order valence-electron chi connectivity index (χ0n) is 11.4. The summed E-state index contributed by atoms with van der Waals surface area (Å²) in [5.74, 6) is 0.636. The molecule has 1 aromatic carbocycles. The number of rotatable bonds is 3. The molecule has 0 radical (unpaired) electrons. The zero-order valence-corrected chi connectivity index (χ0v) is 12.2. The number of ether oxygens (including phenoxy) is 1. The highest BCUT2D eigenvalue weighted by Gasteiger charge is 2.48. The molecule has 5 heteroatoms. The van der Waals surface area contributed by atoms with Crippen LogP contribution in [0.1, 0.15) is 36.0 Å². The maximum absolute atomic E-state index is 12.5. The van der Waals surface area contributed by atoms with Crippen molar-refractivity contribution in [3.8, 4) is 5.75 Å². The molecule has 0 N–H and O–H groups in total. The molecule has 0 aliphatic carbocycles. The monoisotopic (exact) mass is 294 g/mol. The lowest BCUT2D eigenvalue weighted by Gasteiger charge is -2.27. The summed E-state index contributed by atoms with van der Waals surface area (Å²) in [6.45, 7) is 0. The number of carbonyl (C=O) groups excluding carboxylic acids is 1. The van der Waals surface area contributed by atoms with E-state index in [2.05, 4.69) is 0 Å². The van der Waals surface area contributed by atoms with E-state index >= 15 is 0 Å². The Bertz CT molecular complexity index is 598. The first-order valence-electron chi connectivity index (χ1n) is 6.93. The molecule has 2 heterocycles. The van der Waals surface area contributed by atoms with Crippen LogP contribution in [0.2, 0.25) is 0 Å². The van der Waals surface area contributed by atoms with Crippen molar-refractivity contribution in [2.24, 2.45) is 5.92 Å². The van der Waals surface area contributed by atoms with E-state index in [9.17, 15) is 13.2 Å². The van der Waals surface area contributed by atoms with E-state index in [0.29, 0.717) is 24.2 Å². The average Bonchev–Trinajstić information content (AvgIpc) is 2.66. The van der Waals surface area contributed by atoms with Crippen LogP contribution in [0.15, 0.2) is 24.3 Å². The Morgan fingerprint density at radius 1 is 1.10 bits per heavy atom. The molecule has 20 heavy (non-hydrogen) atoms. The summed E-state index contributed by atoms with van der Waals surface area (Å²) in [5, 5.41) is -0.595. The maximum atomic E-state index is 12.5. The third-order valence-electron chi connectivity index (χ3n) is 4.58. The SMILES string of the molecule is COc1ccc(C(=O)C2CC3CCC(C2)S3(=O)=O)cc1. The highest BCUT2D eigenvalue weighted by atomic mass is 32.2. The molecule has 0 amide bonds. The number of benzene rings is 1. The van der Waals surface area contributed by atoms with Gasteiger partial charge in [-0.05, 0) is 49.9 Å². The van der Waals surface area contributed by atoms with Crippen LogP contribution in [0.25, 0.3) is 0 Å². The molecule has 2 unspecified atom stereocenters. The van der Waals surface area contributed by atoms with E-state index in [1.54, 1.807) is 31.4 Å². The molecule has 2 bridgehead atoms. The average molecular weight is 294 g/mol. The number of ketones is 1. The zero-order chi connectivity index (χ0) is 14.3. The summed E-state index contributed by atoms with van der Waals surface area (Å²) in [6, 6.07) is 7.04. The van der Waals surface area contributed by atoms with Gasteiger partial charge in [0, 0.05) is 11.5 Å². The molecule has 3 rings (SSSR count). The van der Waals surface area contributed by atoms with Crippen molar-refractivity contribution in [2.45, 2.75) is 36.2 Å². The van der Waals surface area contributed by atoms with Gasteiger partial charge < -0.3 is 4.74 Å². The van der Waals surface area contributed by atoms with Gasteiger partial charge >= 0.3 is 0 Å². The van der Waals surface area contributed by atoms with Crippen molar-refractivity contribution in [3.05, 3.63) is 29.8 Å². The standard InChI is InChI=1S/C15H18O4S/c1-19-12-4-2-10(3-5-12)15(16)11-8-13-6-7-14(9-11)20(13,17)18/h2-5,11,13-14H,6-9H2,1H3. The lowest BCUT2D eigenvalue weighted by atomic mass is 9.90. The van der Waals surface area contributed by atoms with Gasteiger partial charge in [-0.15, -0.1) is 0 Å². The van der Waals surface area contributed by atoms with Crippen molar-refractivity contribution in [2.75, 3.05) is 7.11 Å². The Hall–Kier alpha value is -1.36. The lowest BCUT2D eigenvalue weighted by Crippen LogP contribution is -2.36. The topological polar surface area (TPSA) is 60.4 Å². The van der Waals surface area contributed by atoms with Crippen LogP contribution in [0.3, 0.4) is 0 Å². The molecule has 4 nitrogen and oxygen atoms in total. The Kier molecular flexibility index (Phi) is 3.32. The van der Waals surface area contributed by atoms with E-state index in [-0.39, 0.29) is 22.2 Å². The summed E-state index contributed by atoms with van der Waals surface area (Å²) >= 11 is 0. The van der Waals surface area contributed by atoms with Crippen LogP contribution < -0.4 is 4.74 Å². The molecule has 2 aliphatic rings. The van der Waals surface area contributed by atoms with E-state index in [4.69, 9.17) is 4.74 Å². The first-order valence-corrected chi connectivity index (χ1v) is 8.54. The molecule has 2 saturated heterocycles. The number of methoxy groups -OCH3 is 1. The van der Waals surface area contributed by atoms with Gasteiger partial charge in [0.25, 0.3) is 0 Å².